The average molecular weight is 502 g/mol. The van der Waals surface area contributed by atoms with Crippen LogP contribution in [0.3, 0.4) is 0 Å². The van der Waals surface area contributed by atoms with Crippen molar-refractivity contribution in [3.05, 3.63) is 54.0 Å². The molecule has 0 aliphatic carbocycles. The number of nitrogens with zero attached hydrogens (tertiary/aromatic N) is 2. The van der Waals surface area contributed by atoms with Crippen molar-refractivity contribution in [1.29, 1.82) is 0 Å². The van der Waals surface area contributed by atoms with Crippen molar-refractivity contribution in [3.8, 4) is 11.6 Å². The van der Waals surface area contributed by atoms with Crippen molar-refractivity contribution in [2.45, 2.75) is 26.8 Å². The first-order valence-corrected chi connectivity index (χ1v) is 9.19. The average Bonchev–Trinajstić information content (AvgIpc) is 2.68. The molecular formula is C20H28FIN4O2. The molecule has 2 N–H and O–H groups in total. The van der Waals surface area contributed by atoms with Gasteiger partial charge in [0, 0.05) is 38.6 Å². The smallest absolute Gasteiger partial charge is 0.219 e. The summed E-state index contributed by atoms with van der Waals surface area (Å²) in [6.45, 7) is 7.55. The van der Waals surface area contributed by atoms with E-state index in [0.29, 0.717) is 18.2 Å². The highest BCUT2D eigenvalue weighted by Crippen LogP contribution is 2.20. The topological polar surface area (TPSA) is 67.8 Å². The van der Waals surface area contributed by atoms with E-state index >= 15 is 0 Å². The molecule has 2 rings (SSSR count). The molecular weight excluding hydrogens is 474 g/mol. The van der Waals surface area contributed by atoms with Crippen LogP contribution in [0.2, 0.25) is 0 Å². The Morgan fingerprint density at radius 2 is 1.93 bits per heavy atom. The van der Waals surface area contributed by atoms with E-state index in [2.05, 4.69) is 20.6 Å². The molecule has 0 saturated heterocycles. The van der Waals surface area contributed by atoms with E-state index in [-0.39, 0.29) is 29.8 Å². The third-order valence-corrected chi connectivity index (χ3v) is 3.56. The zero-order valence-corrected chi connectivity index (χ0v) is 18.6. The Morgan fingerprint density at radius 1 is 1.14 bits per heavy atom. The van der Waals surface area contributed by atoms with Gasteiger partial charge in [0.1, 0.15) is 11.6 Å². The van der Waals surface area contributed by atoms with Gasteiger partial charge in [-0.15, -0.1) is 24.0 Å². The second kappa shape index (κ2) is 14.1. The molecule has 0 unspecified atom stereocenters. The van der Waals surface area contributed by atoms with Crippen molar-refractivity contribution in [2.75, 3.05) is 26.3 Å². The molecule has 6 nitrogen and oxygen atoms in total. The van der Waals surface area contributed by atoms with Gasteiger partial charge in [-0.25, -0.2) is 14.4 Å². The first-order chi connectivity index (χ1) is 13.2. The maximum Gasteiger partial charge on any atom is 0.219 e. The van der Waals surface area contributed by atoms with Crippen molar-refractivity contribution >= 4 is 29.9 Å². The van der Waals surface area contributed by atoms with Gasteiger partial charge in [-0.1, -0.05) is 0 Å². The number of hydrogen-bond acceptors (Lipinski definition) is 4. The Bertz CT molecular complexity index is 714. The maximum atomic E-state index is 13.0. The fraction of sp³-hybridized carbons (Fsp3) is 0.400. The van der Waals surface area contributed by atoms with E-state index in [9.17, 15) is 4.39 Å². The lowest BCUT2D eigenvalue weighted by Crippen LogP contribution is -2.38. The van der Waals surface area contributed by atoms with Gasteiger partial charge in [-0.3, -0.25) is 0 Å². The zero-order valence-electron chi connectivity index (χ0n) is 16.3. The molecule has 0 aliphatic rings. The Kier molecular flexibility index (Phi) is 12.1. The number of rotatable bonds is 10. The number of ether oxygens (including phenoxy) is 2. The molecule has 0 amide bonds. The van der Waals surface area contributed by atoms with Crippen LogP contribution in [0.4, 0.5) is 4.39 Å². The van der Waals surface area contributed by atoms with E-state index in [1.54, 1.807) is 18.3 Å². The largest absolute Gasteiger partial charge is 0.439 e. The highest BCUT2D eigenvalue weighted by Gasteiger charge is 2.02. The second-order valence-corrected chi connectivity index (χ2v) is 5.73. The van der Waals surface area contributed by atoms with Crippen LogP contribution in [0.25, 0.3) is 0 Å². The molecule has 0 bridgehead atoms. The van der Waals surface area contributed by atoms with E-state index in [4.69, 9.17) is 9.47 Å². The molecule has 2 aromatic rings. The van der Waals surface area contributed by atoms with Crippen molar-refractivity contribution in [1.82, 2.24) is 15.6 Å². The summed E-state index contributed by atoms with van der Waals surface area (Å²) in [5.74, 6) is 1.44. The number of hydrogen-bond donors (Lipinski definition) is 2. The molecule has 28 heavy (non-hydrogen) atoms. The standard InChI is InChI=1S/C20H27FN4O2.HI/c1-3-22-20(24-11-5-13-26-4-2)25-15-16-10-12-23-19(14-16)27-18-8-6-17(21)7-9-18;/h6-10,12,14H,3-5,11,13,15H2,1-2H3,(H2,22,24,25);1H. The van der Waals surface area contributed by atoms with Gasteiger partial charge in [0.05, 0.1) is 6.54 Å². The Morgan fingerprint density at radius 3 is 2.64 bits per heavy atom. The molecule has 0 radical (unpaired) electrons. The van der Waals surface area contributed by atoms with Crippen molar-refractivity contribution in [3.63, 3.8) is 0 Å². The minimum Gasteiger partial charge on any atom is -0.439 e. The fourth-order valence-corrected chi connectivity index (χ4v) is 2.27. The molecule has 0 atom stereocenters. The lowest BCUT2D eigenvalue weighted by atomic mass is 10.2. The van der Waals surface area contributed by atoms with Gasteiger partial charge in [0.2, 0.25) is 5.88 Å². The Hall–Kier alpha value is -1.94. The summed E-state index contributed by atoms with van der Waals surface area (Å²) in [6.07, 6.45) is 2.59. The minimum absolute atomic E-state index is 0. The second-order valence-electron chi connectivity index (χ2n) is 5.73. The van der Waals surface area contributed by atoms with Gasteiger partial charge >= 0.3 is 0 Å². The van der Waals surface area contributed by atoms with E-state index in [0.717, 1.165) is 44.2 Å². The Balaban J connectivity index is 0.00000392. The van der Waals surface area contributed by atoms with Crippen LogP contribution in [0, 0.1) is 5.82 Å². The number of aliphatic imine (C=N–C) groups is 1. The van der Waals surface area contributed by atoms with Crippen LogP contribution < -0.4 is 15.4 Å². The highest BCUT2D eigenvalue weighted by atomic mass is 127. The summed E-state index contributed by atoms with van der Waals surface area (Å²) in [4.78, 5) is 8.77. The molecule has 1 aromatic carbocycles. The van der Waals surface area contributed by atoms with Crippen LogP contribution >= 0.6 is 24.0 Å². The minimum atomic E-state index is -0.303. The fourth-order valence-electron chi connectivity index (χ4n) is 2.27. The number of pyridine rings is 1. The molecule has 1 heterocycles. The van der Waals surface area contributed by atoms with Crippen LogP contribution in [0.1, 0.15) is 25.8 Å². The Labute approximate surface area is 183 Å². The monoisotopic (exact) mass is 502 g/mol. The van der Waals surface area contributed by atoms with Gasteiger partial charge in [0.15, 0.2) is 5.96 Å². The summed E-state index contributed by atoms with van der Waals surface area (Å²) in [7, 11) is 0. The van der Waals surface area contributed by atoms with E-state index in [1.807, 2.05) is 26.0 Å². The number of aromatic nitrogens is 1. The molecule has 0 saturated carbocycles. The number of nitrogens with one attached hydrogen (secondary N) is 2. The first kappa shape index (κ1) is 24.1. The molecule has 0 spiro atoms. The lowest BCUT2D eigenvalue weighted by molar-refractivity contribution is 0.145. The van der Waals surface area contributed by atoms with Gasteiger partial charge in [-0.2, -0.15) is 0 Å². The molecule has 0 aliphatic heterocycles. The van der Waals surface area contributed by atoms with Crippen LogP contribution in [0.5, 0.6) is 11.6 Å². The number of halogens is 2. The molecule has 0 fully saturated rings. The maximum absolute atomic E-state index is 13.0. The predicted molar refractivity (Wildman–Crippen MR) is 120 cm³/mol. The summed E-state index contributed by atoms with van der Waals surface area (Å²) in [5.41, 5.74) is 0.966. The van der Waals surface area contributed by atoms with Gasteiger partial charge in [0.25, 0.3) is 0 Å². The summed E-state index contributed by atoms with van der Waals surface area (Å²) in [5, 5.41) is 6.51. The van der Waals surface area contributed by atoms with Crippen molar-refractivity contribution in [2.24, 2.45) is 4.99 Å². The van der Waals surface area contributed by atoms with Crippen LogP contribution in [-0.4, -0.2) is 37.2 Å². The molecule has 8 heteroatoms. The normalized spacial score (nSPS) is 10.9. The SMILES string of the molecule is CCNC(=NCc1ccnc(Oc2ccc(F)cc2)c1)NCCCOCC.I. The summed E-state index contributed by atoms with van der Waals surface area (Å²) < 4.78 is 24.0. The quantitative estimate of drug-likeness (QED) is 0.222. The van der Waals surface area contributed by atoms with Crippen LogP contribution in [-0.2, 0) is 11.3 Å². The molecule has 154 valence electrons. The van der Waals surface area contributed by atoms with Gasteiger partial charge < -0.3 is 20.1 Å². The van der Waals surface area contributed by atoms with E-state index < -0.39 is 0 Å². The number of benzene rings is 1. The lowest BCUT2D eigenvalue weighted by Gasteiger charge is -2.11. The predicted octanol–water partition coefficient (Wildman–Crippen LogP) is 4.11. The van der Waals surface area contributed by atoms with Crippen molar-refractivity contribution < 1.29 is 13.9 Å². The first-order valence-electron chi connectivity index (χ1n) is 9.19. The third-order valence-electron chi connectivity index (χ3n) is 3.56. The highest BCUT2D eigenvalue weighted by molar-refractivity contribution is 14.0. The summed E-state index contributed by atoms with van der Waals surface area (Å²) in [6, 6.07) is 9.55. The third kappa shape index (κ3) is 9.32. The van der Waals surface area contributed by atoms with Crippen LogP contribution in [0.15, 0.2) is 47.6 Å². The van der Waals surface area contributed by atoms with E-state index in [1.165, 1.54) is 12.1 Å². The molecule has 1 aromatic heterocycles. The number of guanidine groups is 1. The van der Waals surface area contributed by atoms with Gasteiger partial charge in [-0.05, 0) is 56.2 Å². The zero-order chi connectivity index (χ0) is 19.3. The summed E-state index contributed by atoms with van der Waals surface area (Å²) >= 11 is 0.